The summed E-state index contributed by atoms with van der Waals surface area (Å²) in [5.74, 6) is 0.562. The van der Waals surface area contributed by atoms with Gasteiger partial charge in [-0.05, 0) is 17.9 Å². The maximum absolute atomic E-state index is 12.2. The van der Waals surface area contributed by atoms with E-state index in [1.807, 2.05) is 19.9 Å². The normalized spacial score (nSPS) is 10.9. The number of rotatable bonds is 7. The summed E-state index contributed by atoms with van der Waals surface area (Å²) in [4.78, 5) is 14.1. The summed E-state index contributed by atoms with van der Waals surface area (Å²) in [6.45, 7) is 4.53. The quantitative estimate of drug-likeness (QED) is 0.758. The fourth-order valence-electron chi connectivity index (χ4n) is 1.95. The molecule has 0 unspecified atom stereocenters. The first-order valence-electron chi connectivity index (χ1n) is 6.81. The average molecular weight is 324 g/mol. The molecule has 3 N–H and O–H groups in total. The topological polar surface area (TPSA) is 64.3 Å². The van der Waals surface area contributed by atoms with Crippen LogP contribution in [0.3, 0.4) is 0 Å². The number of nitrogens with two attached hydrogens (primary N) is 1. The van der Waals surface area contributed by atoms with Gasteiger partial charge in [-0.2, -0.15) is 0 Å². The van der Waals surface area contributed by atoms with Crippen molar-refractivity contribution in [1.82, 2.24) is 0 Å². The summed E-state index contributed by atoms with van der Waals surface area (Å²) in [7, 11) is 1.58. The molecule has 2 rings (SSSR count). The zero-order valence-corrected chi connectivity index (χ0v) is 14.1. The van der Waals surface area contributed by atoms with Crippen LogP contribution in [0.5, 0.6) is 5.75 Å². The first kappa shape index (κ1) is 15.9. The van der Waals surface area contributed by atoms with Gasteiger partial charge in [-0.25, -0.2) is 0 Å². The van der Waals surface area contributed by atoms with Gasteiger partial charge in [0.05, 0.1) is 17.7 Å². The van der Waals surface area contributed by atoms with E-state index in [1.165, 1.54) is 16.2 Å². The summed E-state index contributed by atoms with van der Waals surface area (Å²) in [5, 5.41) is 6.22. The van der Waals surface area contributed by atoms with Crippen molar-refractivity contribution >= 4 is 39.1 Å². The lowest BCUT2D eigenvalue weighted by molar-refractivity contribution is 0.0944. The molecule has 0 aliphatic heterocycles. The number of nitrogen functional groups attached to an aromatic ring is 1. The lowest BCUT2D eigenvalue weighted by Crippen LogP contribution is -2.07. The van der Waals surface area contributed by atoms with Gasteiger partial charge in [0.25, 0.3) is 0 Å². The lowest BCUT2D eigenvalue weighted by atomic mass is 10.1. The maximum atomic E-state index is 12.2. The van der Waals surface area contributed by atoms with Gasteiger partial charge in [-0.1, -0.05) is 19.9 Å². The maximum Gasteiger partial charge on any atom is 0.177 e. The third kappa shape index (κ3) is 3.57. The predicted octanol–water partition coefficient (Wildman–Crippen LogP) is 3.89. The van der Waals surface area contributed by atoms with Crippen molar-refractivity contribution in [3.63, 3.8) is 0 Å². The summed E-state index contributed by atoms with van der Waals surface area (Å²) < 4.78 is 5.35. The van der Waals surface area contributed by atoms with Crippen LogP contribution >= 0.6 is 22.7 Å². The number of hydrogen-bond acceptors (Lipinski definition) is 6. The summed E-state index contributed by atoms with van der Waals surface area (Å²) in [6, 6.07) is 4.16. The number of ether oxygens (including phenoxy) is 1. The number of methoxy groups -OCH3 is 1. The third-order valence-corrected chi connectivity index (χ3v) is 5.18. The van der Waals surface area contributed by atoms with E-state index in [0.717, 1.165) is 18.0 Å². The number of ketones is 1. The SMILES string of the molecule is COc1c(NCCc2cccs2)sc(C(=O)C(C)C)c1N. The van der Waals surface area contributed by atoms with Crippen LogP contribution in [0, 0.1) is 5.92 Å². The average Bonchev–Trinajstić information content (AvgIpc) is 3.06. The molecule has 0 aromatic carbocycles. The van der Waals surface area contributed by atoms with E-state index < -0.39 is 0 Å². The van der Waals surface area contributed by atoms with Gasteiger partial charge in [-0.3, -0.25) is 4.79 Å². The standard InChI is InChI=1S/C15H20N2O2S2/c1-9(2)12(18)14-11(16)13(19-3)15(21-14)17-7-6-10-5-4-8-20-10/h4-5,8-9,17H,6-7,16H2,1-3H3. The molecule has 2 aromatic rings. The largest absolute Gasteiger partial charge is 0.492 e. The second-order valence-corrected chi connectivity index (χ2v) is 7.04. The highest BCUT2D eigenvalue weighted by Crippen LogP contribution is 2.43. The van der Waals surface area contributed by atoms with Gasteiger partial charge in [0.2, 0.25) is 0 Å². The molecule has 0 bridgehead atoms. The monoisotopic (exact) mass is 324 g/mol. The van der Waals surface area contributed by atoms with Crippen LogP contribution in [0.1, 0.15) is 28.4 Å². The number of anilines is 2. The van der Waals surface area contributed by atoms with Gasteiger partial charge in [0.1, 0.15) is 5.00 Å². The Morgan fingerprint density at radius 2 is 2.24 bits per heavy atom. The Bertz CT molecular complexity index is 603. The van der Waals surface area contributed by atoms with Crippen molar-refractivity contribution in [1.29, 1.82) is 0 Å². The van der Waals surface area contributed by atoms with E-state index in [-0.39, 0.29) is 11.7 Å². The van der Waals surface area contributed by atoms with Crippen LogP contribution in [-0.2, 0) is 6.42 Å². The Kier molecular flexibility index (Phi) is 5.25. The predicted molar refractivity (Wildman–Crippen MR) is 91.0 cm³/mol. The van der Waals surface area contributed by atoms with E-state index in [1.54, 1.807) is 18.4 Å². The Morgan fingerprint density at radius 1 is 1.48 bits per heavy atom. The molecule has 2 aromatic heterocycles. The molecule has 0 aliphatic rings. The van der Waals surface area contributed by atoms with Crippen molar-refractivity contribution in [2.45, 2.75) is 20.3 Å². The van der Waals surface area contributed by atoms with E-state index in [4.69, 9.17) is 10.5 Å². The van der Waals surface area contributed by atoms with Gasteiger partial charge >= 0.3 is 0 Å². The van der Waals surface area contributed by atoms with Crippen molar-refractivity contribution in [3.05, 3.63) is 27.3 Å². The molecule has 0 saturated heterocycles. The van der Waals surface area contributed by atoms with Gasteiger partial charge < -0.3 is 15.8 Å². The minimum atomic E-state index is -0.0744. The fourth-order valence-corrected chi connectivity index (χ4v) is 3.86. The highest BCUT2D eigenvalue weighted by Gasteiger charge is 2.23. The van der Waals surface area contributed by atoms with Crippen LogP contribution in [0.4, 0.5) is 10.7 Å². The zero-order valence-electron chi connectivity index (χ0n) is 12.4. The number of thiophene rings is 2. The molecule has 6 heteroatoms. The van der Waals surface area contributed by atoms with Gasteiger partial charge in [0.15, 0.2) is 11.5 Å². The minimum absolute atomic E-state index is 0.0575. The van der Waals surface area contributed by atoms with Crippen molar-refractivity contribution < 1.29 is 9.53 Å². The van der Waals surface area contributed by atoms with Crippen molar-refractivity contribution in [2.24, 2.45) is 5.92 Å². The minimum Gasteiger partial charge on any atom is -0.492 e. The first-order chi connectivity index (χ1) is 10.0. The number of Topliss-reactive ketones (excluding diaryl/α,β-unsaturated/α-hetero) is 1. The zero-order chi connectivity index (χ0) is 15.4. The van der Waals surface area contributed by atoms with Crippen LogP contribution in [-0.4, -0.2) is 19.4 Å². The number of carbonyl (C=O) groups is 1. The highest BCUT2D eigenvalue weighted by molar-refractivity contribution is 7.19. The molecule has 0 radical (unpaired) electrons. The Balaban J connectivity index is 2.11. The van der Waals surface area contributed by atoms with Crippen LogP contribution in [0.25, 0.3) is 0 Å². The second-order valence-electron chi connectivity index (χ2n) is 4.98. The fraction of sp³-hybridized carbons (Fsp3) is 0.400. The molecule has 0 spiro atoms. The second kappa shape index (κ2) is 6.95. The summed E-state index contributed by atoms with van der Waals surface area (Å²) in [5.41, 5.74) is 6.49. The van der Waals surface area contributed by atoms with Crippen LogP contribution in [0.2, 0.25) is 0 Å². The molecular weight excluding hydrogens is 304 g/mol. The lowest BCUT2D eigenvalue weighted by Gasteiger charge is -2.06. The van der Waals surface area contributed by atoms with E-state index in [2.05, 4.69) is 16.8 Å². The number of nitrogens with one attached hydrogen (secondary N) is 1. The summed E-state index contributed by atoms with van der Waals surface area (Å²) in [6.07, 6.45) is 0.937. The van der Waals surface area contributed by atoms with Crippen LogP contribution in [0.15, 0.2) is 17.5 Å². The molecule has 21 heavy (non-hydrogen) atoms. The van der Waals surface area contributed by atoms with E-state index in [0.29, 0.717) is 16.3 Å². The number of hydrogen-bond donors (Lipinski definition) is 2. The van der Waals surface area contributed by atoms with E-state index >= 15 is 0 Å². The van der Waals surface area contributed by atoms with Gasteiger partial charge in [0, 0.05) is 17.3 Å². The molecule has 114 valence electrons. The Hall–Kier alpha value is -1.53. The van der Waals surface area contributed by atoms with Crippen molar-refractivity contribution in [3.8, 4) is 5.75 Å². The Morgan fingerprint density at radius 3 is 2.81 bits per heavy atom. The molecule has 2 heterocycles. The number of carbonyl (C=O) groups excluding carboxylic acids is 1. The Labute approximate surface area is 132 Å². The first-order valence-corrected chi connectivity index (χ1v) is 8.51. The van der Waals surface area contributed by atoms with E-state index in [9.17, 15) is 4.79 Å². The van der Waals surface area contributed by atoms with Crippen molar-refractivity contribution in [2.75, 3.05) is 24.7 Å². The van der Waals surface area contributed by atoms with Crippen LogP contribution < -0.4 is 15.8 Å². The highest BCUT2D eigenvalue weighted by atomic mass is 32.1. The molecule has 0 saturated carbocycles. The molecule has 4 nitrogen and oxygen atoms in total. The molecular formula is C15H20N2O2S2. The van der Waals surface area contributed by atoms with Gasteiger partial charge in [-0.15, -0.1) is 22.7 Å². The molecule has 0 amide bonds. The smallest absolute Gasteiger partial charge is 0.177 e. The molecule has 0 fully saturated rings. The molecule has 0 atom stereocenters. The summed E-state index contributed by atoms with van der Waals surface area (Å²) >= 11 is 3.12. The molecule has 0 aliphatic carbocycles. The third-order valence-electron chi connectivity index (χ3n) is 3.09.